The van der Waals surface area contributed by atoms with E-state index in [4.69, 9.17) is 9.84 Å². The lowest BCUT2D eigenvalue weighted by Crippen LogP contribution is -2.53. The number of nitrogens with zero attached hydrogens (tertiary/aromatic N) is 2. The van der Waals surface area contributed by atoms with Crippen LogP contribution in [0.15, 0.2) is 48.5 Å². The van der Waals surface area contributed by atoms with Crippen molar-refractivity contribution in [3.8, 4) is 11.1 Å². The Bertz CT molecular complexity index is 1080. The Labute approximate surface area is 204 Å². The van der Waals surface area contributed by atoms with E-state index in [9.17, 15) is 14.4 Å². The van der Waals surface area contributed by atoms with Crippen LogP contribution in [0.1, 0.15) is 30.4 Å². The highest BCUT2D eigenvalue weighted by Gasteiger charge is 2.45. The number of ether oxygens (including phenoxy) is 1. The van der Waals surface area contributed by atoms with E-state index in [1.54, 1.807) is 6.92 Å². The summed E-state index contributed by atoms with van der Waals surface area (Å²) >= 11 is 0. The number of benzene rings is 2. The number of aliphatic carboxylic acids is 1. The molecule has 35 heavy (non-hydrogen) atoms. The summed E-state index contributed by atoms with van der Waals surface area (Å²) in [6.07, 6.45) is 0.301. The SMILES string of the molecule is CC(C(=O)O)N1CCN(C(=O)[C@H]2C[C@H]2CNC(=O)OCC2c3ccccc3-c3ccccc32)CC1. The molecule has 8 heteroatoms. The number of carbonyl (C=O) groups excluding carboxylic acids is 2. The first-order chi connectivity index (χ1) is 16.9. The summed E-state index contributed by atoms with van der Waals surface area (Å²) in [5.41, 5.74) is 4.73. The Morgan fingerprint density at radius 1 is 1.00 bits per heavy atom. The lowest BCUT2D eigenvalue weighted by molar-refractivity contribution is -0.144. The molecule has 1 saturated heterocycles. The third kappa shape index (κ3) is 4.75. The van der Waals surface area contributed by atoms with Crippen molar-refractivity contribution < 1.29 is 24.2 Å². The molecule has 5 rings (SSSR count). The normalized spacial score (nSPS) is 22.1. The molecule has 0 bridgehead atoms. The average Bonchev–Trinajstić information content (AvgIpc) is 3.60. The van der Waals surface area contributed by atoms with Crippen LogP contribution < -0.4 is 5.32 Å². The number of carbonyl (C=O) groups is 3. The van der Waals surface area contributed by atoms with E-state index in [0.29, 0.717) is 32.7 Å². The minimum absolute atomic E-state index is 0.0194. The van der Waals surface area contributed by atoms with Crippen LogP contribution >= 0.6 is 0 Å². The van der Waals surface area contributed by atoms with E-state index < -0.39 is 18.1 Å². The average molecular weight is 478 g/mol. The number of piperazine rings is 1. The third-order valence-electron chi connectivity index (χ3n) is 7.62. The second-order valence-corrected chi connectivity index (χ2v) is 9.68. The monoisotopic (exact) mass is 477 g/mol. The molecule has 0 spiro atoms. The number of alkyl carbamates (subject to hydrolysis) is 1. The molecule has 2 aliphatic carbocycles. The fraction of sp³-hybridized carbons (Fsp3) is 0.444. The van der Waals surface area contributed by atoms with Crippen molar-refractivity contribution in [3.05, 3.63) is 59.7 Å². The number of fused-ring (bicyclic) bond motifs is 3. The topological polar surface area (TPSA) is 99.2 Å². The molecule has 2 amide bonds. The lowest BCUT2D eigenvalue weighted by Gasteiger charge is -2.36. The Balaban J connectivity index is 1.06. The number of carboxylic acids is 1. The number of carboxylic acid groups (broad SMARTS) is 1. The van der Waals surface area contributed by atoms with Crippen molar-refractivity contribution in [2.45, 2.75) is 25.3 Å². The van der Waals surface area contributed by atoms with E-state index >= 15 is 0 Å². The maximum atomic E-state index is 12.8. The molecule has 1 saturated carbocycles. The van der Waals surface area contributed by atoms with Crippen molar-refractivity contribution >= 4 is 18.0 Å². The quantitative estimate of drug-likeness (QED) is 0.636. The van der Waals surface area contributed by atoms with Crippen molar-refractivity contribution in [2.24, 2.45) is 11.8 Å². The van der Waals surface area contributed by atoms with Crippen molar-refractivity contribution in [1.82, 2.24) is 15.1 Å². The van der Waals surface area contributed by atoms with Crippen LogP contribution in [-0.2, 0) is 14.3 Å². The predicted octanol–water partition coefficient (Wildman–Crippen LogP) is 2.78. The smallest absolute Gasteiger partial charge is 0.407 e. The Hall–Kier alpha value is -3.39. The Morgan fingerprint density at radius 3 is 2.20 bits per heavy atom. The van der Waals surface area contributed by atoms with Gasteiger partial charge in [-0.2, -0.15) is 0 Å². The van der Waals surface area contributed by atoms with E-state index in [1.165, 1.54) is 22.3 Å². The molecule has 2 N–H and O–H groups in total. The zero-order chi connectivity index (χ0) is 24.5. The molecule has 1 unspecified atom stereocenters. The highest BCUT2D eigenvalue weighted by molar-refractivity contribution is 5.82. The van der Waals surface area contributed by atoms with E-state index in [-0.39, 0.29) is 30.3 Å². The second kappa shape index (κ2) is 9.70. The second-order valence-electron chi connectivity index (χ2n) is 9.68. The summed E-state index contributed by atoms with van der Waals surface area (Å²) < 4.78 is 5.58. The first kappa shape index (κ1) is 23.4. The number of nitrogens with one attached hydrogen (secondary N) is 1. The maximum absolute atomic E-state index is 12.8. The van der Waals surface area contributed by atoms with Gasteiger partial charge in [-0.05, 0) is 41.5 Å². The highest BCUT2D eigenvalue weighted by atomic mass is 16.5. The molecule has 0 aromatic heterocycles. The largest absolute Gasteiger partial charge is 0.480 e. The van der Waals surface area contributed by atoms with Crippen LogP contribution in [0, 0.1) is 11.8 Å². The molecule has 3 atom stereocenters. The molecule has 184 valence electrons. The van der Waals surface area contributed by atoms with Gasteiger partial charge in [-0.25, -0.2) is 4.79 Å². The van der Waals surface area contributed by atoms with Crippen LogP contribution in [0.25, 0.3) is 11.1 Å². The molecule has 1 aliphatic heterocycles. The molecule has 2 fully saturated rings. The number of rotatable bonds is 7. The minimum Gasteiger partial charge on any atom is -0.480 e. The first-order valence-electron chi connectivity index (χ1n) is 12.3. The van der Waals surface area contributed by atoms with Gasteiger partial charge in [0.2, 0.25) is 5.91 Å². The summed E-state index contributed by atoms with van der Waals surface area (Å²) in [5.74, 6) is -0.671. The van der Waals surface area contributed by atoms with Gasteiger partial charge in [0.25, 0.3) is 0 Å². The molecule has 1 heterocycles. The summed E-state index contributed by atoms with van der Waals surface area (Å²) in [4.78, 5) is 40.1. The van der Waals surface area contributed by atoms with E-state index in [0.717, 1.165) is 6.42 Å². The van der Waals surface area contributed by atoms with Gasteiger partial charge < -0.3 is 20.1 Å². The van der Waals surface area contributed by atoms with Crippen LogP contribution in [-0.4, -0.2) is 78.2 Å². The molecule has 2 aromatic rings. The Morgan fingerprint density at radius 2 is 1.60 bits per heavy atom. The minimum atomic E-state index is -0.841. The van der Waals surface area contributed by atoms with Gasteiger partial charge in [0.15, 0.2) is 0 Å². The summed E-state index contributed by atoms with van der Waals surface area (Å²) in [5, 5.41) is 12.0. The zero-order valence-electron chi connectivity index (χ0n) is 19.9. The zero-order valence-corrected chi connectivity index (χ0v) is 19.9. The van der Waals surface area contributed by atoms with Crippen LogP contribution in [0.2, 0.25) is 0 Å². The maximum Gasteiger partial charge on any atom is 0.407 e. The van der Waals surface area contributed by atoms with Crippen molar-refractivity contribution in [3.63, 3.8) is 0 Å². The molecular weight excluding hydrogens is 446 g/mol. The standard InChI is InChI=1S/C27H31N3O5/c1-17(26(32)33)29-10-12-30(13-11-29)25(31)23-14-18(23)15-28-27(34)35-16-24-21-8-4-2-6-19(21)20-7-3-5-9-22(20)24/h2-9,17-18,23-24H,10-16H2,1H3,(H,28,34)(H,32,33)/t17?,18-,23-/m0/s1. The van der Waals surface area contributed by atoms with Gasteiger partial charge in [-0.3, -0.25) is 14.5 Å². The molecule has 8 nitrogen and oxygen atoms in total. The molecule has 3 aliphatic rings. The number of hydrogen-bond acceptors (Lipinski definition) is 5. The van der Waals surface area contributed by atoms with Crippen LogP contribution in [0.5, 0.6) is 0 Å². The first-order valence-corrected chi connectivity index (χ1v) is 12.3. The van der Waals surface area contributed by atoms with Crippen LogP contribution in [0.3, 0.4) is 0 Å². The molecule has 2 aromatic carbocycles. The summed E-state index contributed by atoms with van der Waals surface area (Å²) in [6.45, 7) is 4.57. The predicted molar refractivity (Wildman–Crippen MR) is 130 cm³/mol. The van der Waals surface area contributed by atoms with Gasteiger partial charge in [-0.15, -0.1) is 0 Å². The van der Waals surface area contributed by atoms with Gasteiger partial charge in [0.05, 0.1) is 0 Å². The highest BCUT2D eigenvalue weighted by Crippen LogP contribution is 2.44. The molecule has 0 radical (unpaired) electrons. The summed E-state index contributed by atoms with van der Waals surface area (Å²) in [6, 6.07) is 15.9. The van der Waals surface area contributed by atoms with Gasteiger partial charge >= 0.3 is 12.1 Å². The fourth-order valence-electron chi connectivity index (χ4n) is 5.36. The van der Waals surface area contributed by atoms with Crippen molar-refractivity contribution in [2.75, 3.05) is 39.3 Å². The van der Waals surface area contributed by atoms with Crippen LogP contribution in [0.4, 0.5) is 4.79 Å². The van der Waals surface area contributed by atoms with Gasteiger partial charge in [-0.1, -0.05) is 48.5 Å². The number of hydrogen-bond donors (Lipinski definition) is 2. The van der Waals surface area contributed by atoms with E-state index in [1.807, 2.05) is 34.1 Å². The number of amides is 2. The van der Waals surface area contributed by atoms with Crippen molar-refractivity contribution in [1.29, 1.82) is 0 Å². The van der Waals surface area contributed by atoms with E-state index in [2.05, 4.69) is 29.6 Å². The summed E-state index contributed by atoms with van der Waals surface area (Å²) in [7, 11) is 0. The fourth-order valence-corrected chi connectivity index (χ4v) is 5.36. The lowest BCUT2D eigenvalue weighted by atomic mass is 9.98. The molecular formula is C27H31N3O5. The van der Waals surface area contributed by atoms with Gasteiger partial charge in [0.1, 0.15) is 12.6 Å². The third-order valence-corrected chi connectivity index (χ3v) is 7.62. The Kier molecular flexibility index (Phi) is 6.47. The van der Waals surface area contributed by atoms with Gasteiger partial charge in [0, 0.05) is 44.6 Å².